The van der Waals surface area contributed by atoms with Crippen LogP contribution >= 0.6 is 0 Å². The molecular weight excluding hydrogens is 236 g/mol. The maximum absolute atomic E-state index is 5.63. The fourth-order valence-electron chi connectivity index (χ4n) is 1.38. The van der Waals surface area contributed by atoms with Crippen molar-refractivity contribution in [1.29, 1.82) is 0 Å². The first-order valence-electron chi connectivity index (χ1n) is 6.55. The smallest absolute Gasteiger partial charge is 0.131 e. The number of hydrogen-bond acceptors (Lipinski definition) is 2. The van der Waals surface area contributed by atoms with Gasteiger partial charge >= 0.3 is 0 Å². The standard InChI is InChI=1S/C17H22O2/c1-5-6-12-18-16-8-7-9-17(13-16)19-15(4)11-10-14(2)3/h7-11,13H,2,4-6,12H2,1,3H3/b11-10-. The Bertz CT molecular complexity index is 458. The highest BCUT2D eigenvalue weighted by Gasteiger charge is 1.99. The molecule has 0 fully saturated rings. The van der Waals surface area contributed by atoms with E-state index in [1.807, 2.05) is 37.3 Å². The minimum absolute atomic E-state index is 0.578. The van der Waals surface area contributed by atoms with E-state index < -0.39 is 0 Å². The fourth-order valence-corrected chi connectivity index (χ4v) is 1.38. The minimum atomic E-state index is 0.578. The largest absolute Gasteiger partial charge is 0.493 e. The van der Waals surface area contributed by atoms with Gasteiger partial charge in [-0.3, -0.25) is 0 Å². The second kappa shape index (κ2) is 8.20. The molecule has 19 heavy (non-hydrogen) atoms. The van der Waals surface area contributed by atoms with Crippen LogP contribution in [0.3, 0.4) is 0 Å². The van der Waals surface area contributed by atoms with Crippen molar-refractivity contribution in [2.75, 3.05) is 6.61 Å². The van der Waals surface area contributed by atoms with Gasteiger partial charge in [0.15, 0.2) is 0 Å². The average molecular weight is 258 g/mol. The minimum Gasteiger partial charge on any atom is -0.493 e. The van der Waals surface area contributed by atoms with Crippen LogP contribution in [-0.2, 0) is 0 Å². The molecule has 0 N–H and O–H groups in total. The van der Waals surface area contributed by atoms with Gasteiger partial charge in [0.1, 0.15) is 17.3 Å². The molecule has 2 heteroatoms. The molecule has 0 heterocycles. The Balaban J connectivity index is 2.56. The van der Waals surface area contributed by atoms with E-state index in [9.17, 15) is 0 Å². The summed E-state index contributed by atoms with van der Waals surface area (Å²) >= 11 is 0. The molecule has 2 nitrogen and oxygen atoms in total. The van der Waals surface area contributed by atoms with Crippen molar-refractivity contribution in [2.45, 2.75) is 26.7 Å². The lowest BCUT2D eigenvalue weighted by Gasteiger charge is -2.09. The monoisotopic (exact) mass is 258 g/mol. The highest BCUT2D eigenvalue weighted by molar-refractivity contribution is 5.35. The van der Waals surface area contributed by atoms with E-state index in [-0.39, 0.29) is 0 Å². The third-order valence-electron chi connectivity index (χ3n) is 2.37. The summed E-state index contributed by atoms with van der Waals surface area (Å²) in [7, 11) is 0. The van der Waals surface area contributed by atoms with Crippen molar-refractivity contribution >= 4 is 0 Å². The Kier molecular flexibility index (Phi) is 6.51. The number of allylic oxidation sites excluding steroid dienone is 3. The predicted octanol–water partition coefficient (Wildman–Crippen LogP) is 4.89. The fraction of sp³-hybridized carbons (Fsp3) is 0.294. The van der Waals surface area contributed by atoms with Gasteiger partial charge in [0.05, 0.1) is 6.61 Å². The topological polar surface area (TPSA) is 18.5 Å². The summed E-state index contributed by atoms with van der Waals surface area (Å²) in [6, 6.07) is 7.59. The Morgan fingerprint density at radius 3 is 2.63 bits per heavy atom. The molecule has 1 aromatic rings. The predicted molar refractivity (Wildman–Crippen MR) is 80.6 cm³/mol. The quantitative estimate of drug-likeness (QED) is 0.375. The number of rotatable bonds is 8. The maximum atomic E-state index is 5.63. The lowest BCUT2D eigenvalue weighted by molar-refractivity contribution is 0.307. The van der Waals surface area contributed by atoms with Gasteiger partial charge in [-0.15, -0.1) is 0 Å². The molecule has 0 amide bonds. The van der Waals surface area contributed by atoms with Crippen molar-refractivity contribution in [3.63, 3.8) is 0 Å². The van der Waals surface area contributed by atoms with E-state index >= 15 is 0 Å². The Labute approximate surface area is 116 Å². The third kappa shape index (κ3) is 6.51. The first-order chi connectivity index (χ1) is 9.11. The first kappa shape index (κ1) is 15.1. The maximum Gasteiger partial charge on any atom is 0.131 e. The van der Waals surface area contributed by atoms with Gasteiger partial charge in [0.25, 0.3) is 0 Å². The van der Waals surface area contributed by atoms with E-state index in [0.29, 0.717) is 5.76 Å². The lowest BCUT2D eigenvalue weighted by Crippen LogP contribution is -1.97. The highest BCUT2D eigenvalue weighted by Crippen LogP contribution is 2.21. The van der Waals surface area contributed by atoms with Gasteiger partial charge in [-0.05, 0) is 31.6 Å². The van der Waals surface area contributed by atoms with Crippen molar-refractivity contribution in [1.82, 2.24) is 0 Å². The van der Waals surface area contributed by atoms with Crippen LogP contribution < -0.4 is 9.47 Å². The zero-order valence-electron chi connectivity index (χ0n) is 11.8. The SMILES string of the molecule is C=C(C)/C=C\C(=C)Oc1cccc(OCCCC)c1. The molecule has 0 aliphatic rings. The molecule has 0 aliphatic carbocycles. The van der Waals surface area contributed by atoms with Crippen LogP contribution in [-0.4, -0.2) is 6.61 Å². The lowest BCUT2D eigenvalue weighted by atomic mass is 10.3. The van der Waals surface area contributed by atoms with Crippen LogP contribution in [0.5, 0.6) is 11.5 Å². The Morgan fingerprint density at radius 1 is 1.21 bits per heavy atom. The molecule has 0 unspecified atom stereocenters. The van der Waals surface area contributed by atoms with Gasteiger partial charge in [-0.1, -0.05) is 44.2 Å². The summed E-state index contributed by atoms with van der Waals surface area (Å²) in [6.45, 7) is 12.4. The van der Waals surface area contributed by atoms with Gasteiger partial charge in [0, 0.05) is 6.07 Å². The molecule has 0 radical (unpaired) electrons. The second-order valence-electron chi connectivity index (χ2n) is 4.42. The van der Waals surface area contributed by atoms with Gasteiger partial charge in [-0.25, -0.2) is 0 Å². The zero-order chi connectivity index (χ0) is 14.1. The summed E-state index contributed by atoms with van der Waals surface area (Å²) in [5.41, 5.74) is 0.960. The summed E-state index contributed by atoms with van der Waals surface area (Å²) in [5, 5.41) is 0. The molecule has 0 aliphatic heterocycles. The number of hydrogen-bond donors (Lipinski definition) is 0. The normalized spacial score (nSPS) is 10.4. The van der Waals surface area contributed by atoms with Crippen molar-refractivity contribution in [3.8, 4) is 11.5 Å². The molecular formula is C17H22O2. The first-order valence-corrected chi connectivity index (χ1v) is 6.55. The van der Waals surface area contributed by atoms with Crippen LogP contribution in [0.1, 0.15) is 26.7 Å². The van der Waals surface area contributed by atoms with E-state index in [4.69, 9.17) is 9.47 Å². The molecule has 0 saturated heterocycles. The van der Waals surface area contributed by atoms with Crippen LogP contribution in [0.2, 0.25) is 0 Å². The molecule has 102 valence electrons. The average Bonchev–Trinajstić information content (AvgIpc) is 2.37. The number of benzene rings is 1. The molecule has 0 saturated carbocycles. The zero-order valence-corrected chi connectivity index (χ0v) is 11.8. The van der Waals surface area contributed by atoms with Gasteiger partial charge in [-0.2, -0.15) is 0 Å². The van der Waals surface area contributed by atoms with Crippen LogP contribution in [0.4, 0.5) is 0 Å². The third-order valence-corrected chi connectivity index (χ3v) is 2.37. The van der Waals surface area contributed by atoms with Crippen LogP contribution in [0.15, 0.2) is 60.9 Å². The molecule has 1 rings (SSSR count). The molecule has 0 bridgehead atoms. The highest BCUT2D eigenvalue weighted by atomic mass is 16.5. The summed E-state index contributed by atoms with van der Waals surface area (Å²) in [5.74, 6) is 2.13. The Hall–Kier alpha value is -1.96. The van der Waals surface area contributed by atoms with Gasteiger partial charge in [0.2, 0.25) is 0 Å². The number of ether oxygens (including phenoxy) is 2. The second-order valence-corrected chi connectivity index (χ2v) is 4.42. The van der Waals surface area contributed by atoms with Crippen molar-refractivity contribution in [3.05, 3.63) is 60.9 Å². The summed E-state index contributed by atoms with van der Waals surface area (Å²) < 4.78 is 11.2. The Morgan fingerprint density at radius 2 is 1.95 bits per heavy atom. The van der Waals surface area contributed by atoms with Crippen molar-refractivity contribution in [2.24, 2.45) is 0 Å². The van der Waals surface area contributed by atoms with E-state index in [0.717, 1.165) is 36.5 Å². The van der Waals surface area contributed by atoms with E-state index in [1.165, 1.54) is 0 Å². The van der Waals surface area contributed by atoms with Crippen LogP contribution in [0, 0.1) is 0 Å². The van der Waals surface area contributed by atoms with E-state index in [2.05, 4.69) is 20.1 Å². The number of unbranched alkanes of at least 4 members (excludes halogenated alkanes) is 1. The van der Waals surface area contributed by atoms with Gasteiger partial charge < -0.3 is 9.47 Å². The summed E-state index contributed by atoms with van der Waals surface area (Å²) in [4.78, 5) is 0. The molecule has 1 aromatic carbocycles. The molecule has 0 aromatic heterocycles. The summed E-state index contributed by atoms with van der Waals surface area (Å²) in [6.07, 6.45) is 5.84. The van der Waals surface area contributed by atoms with E-state index in [1.54, 1.807) is 6.08 Å². The van der Waals surface area contributed by atoms with Crippen LogP contribution in [0.25, 0.3) is 0 Å². The molecule has 0 atom stereocenters. The van der Waals surface area contributed by atoms with Crippen molar-refractivity contribution < 1.29 is 9.47 Å². The molecule has 0 spiro atoms.